The summed E-state index contributed by atoms with van der Waals surface area (Å²) in [5.74, 6) is -0.0794. The highest BCUT2D eigenvalue weighted by Gasteiger charge is 2.23. The number of rotatable bonds is 6. The van der Waals surface area contributed by atoms with Crippen molar-refractivity contribution >= 4 is 34.7 Å². The maximum Gasteiger partial charge on any atom is 0.414 e. The summed E-state index contributed by atoms with van der Waals surface area (Å²) in [6, 6.07) is 11.0. The van der Waals surface area contributed by atoms with Gasteiger partial charge in [0.2, 0.25) is 5.91 Å². The molecule has 1 N–H and O–H groups in total. The predicted octanol–water partition coefficient (Wildman–Crippen LogP) is 3.73. The van der Waals surface area contributed by atoms with Crippen molar-refractivity contribution in [3.8, 4) is 10.6 Å². The lowest BCUT2D eigenvalue weighted by molar-refractivity contribution is -0.116. The van der Waals surface area contributed by atoms with Crippen molar-refractivity contribution in [2.45, 2.75) is 12.8 Å². The fourth-order valence-electron chi connectivity index (χ4n) is 2.86. The third kappa shape index (κ3) is 4.17. The fraction of sp³-hybridized carbons (Fsp3) is 0.200. The molecular weight excluding hydrogens is 376 g/mol. The highest BCUT2D eigenvalue weighted by Crippen LogP contribution is 2.24. The number of ether oxygens (including phenoxy) is 1. The Balaban J connectivity index is 1.30. The molecule has 1 aliphatic heterocycles. The summed E-state index contributed by atoms with van der Waals surface area (Å²) in [5.41, 5.74) is 3.31. The summed E-state index contributed by atoms with van der Waals surface area (Å²) in [6.07, 6.45) is 4.08. The lowest BCUT2D eigenvalue weighted by Gasteiger charge is -2.13. The van der Waals surface area contributed by atoms with Crippen LogP contribution in [-0.2, 0) is 16.0 Å². The second kappa shape index (κ2) is 8.18. The summed E-state index contributed by atoms with van der Waals surface area (Å²) in [4.78, 5) is 34.0. The first-order valence-corrected chi connectivity index (χ1v) is 9.76. The Bertz CT molecular complexity index is 973. The molecule has 4 rings (SSSR count). The van der Waals surface area contributed by atoms with Gasteiger partial charge in [-0.3, -0.25) is 14.7 Å². The molecule has 3 heterocycles. The maximum absolute atomic E-state index is 12.2. The van der Waals surface area contributed by atoms with Crippen LogP contribution in [0.1, 0.15) is 12.1 Å². The van der Waals surface area contributed by atoms with E-state index in [-0.39, 0.29) is 12.0 Å². The van der Waals surface area contributed by atoms with Crippen LogP contribution in [0, 0.1) is 0 Å². The van der Waals surface area contributed by atoms with Crippen LogP contribution in [0.2, 0.25) is 0 Å². The number of hydrogen-bond donors (Lipinski definition) is 1. The summed E-state index contributed by atoms with van der Waals surface area (Å²) in [6.45, 7) is 0.940. The van der Waals surface area contributed by atoms with Gasteiger partial charge in [-0.2, -0.15) is 0 Å². The first-order chi connectivity index (χ1) is 13.7. The molecule has 28 heavy (non-hydrogen) atoms. The van der Waals surface area contributed by atoms with Crippen LogP contribution in [0.4, 0.5) is 16.2 Å². The molecular formula is C20H18N4O3S. The van der Waals surface area contributed by atoms with Gasteiger partial charge in [0.15, 0.2) is 0 Å². The number of carbonyl (C=O) groups excluding carboxylic acids is 2. The molecule has 0 radical (unpaired) electrons. The van der Waals surface area contributed by atoms with Crippen molar-refractivity contribution in [2.75, 3.05) is 23.4 Å². The van der Waals surface area contributed by atoms with Gasteiger partial charge < -0.3 is 10.1 Å². The lowest BCUT2D eigenvalue weighted by atomic mass is 10.2. The fourth-order valence-corrected chi connectivity index (χ4v) is 3.71. The Morgan fingerprint density at radius 3 is 2.82 bits per heavy atom. The molecule has 1 aliphatic rings. The van der Waals surface area contributed by atoms with Gasteiger partial charge in [-0.25, -0.2) is 9.78 Å². The van der Waals surface area contributed by atoms with Crippen LogP contribution in [-0.4, -0.2) is 35.1 Å². The third-order valence-corrected chi connectivity index (χ3v) is 5.23. The summed E-state index contributed by atoms with van der Waals surface area (Å²) in [5, 5.41) is 5.75. The molecule has 3 aromatic rings. The molecule has 0 spiro atoms. The van der Waals surface area contributed by atoms with Crippen LogP contribution in [0.15, 0.2) is 54.2 Å². The van der Waals surface area contributed by atoms with Crippen LogP contribution < -0.4 is 10.2 Å². The number of thiazole rings is 1. The van der Waals surface area contributed by atoms with E-state index in [4.69, 9.17) is 4.74 Å². The summed E-state index contributed by atoms with van der Waals surface area (Å²) in [7, 11) is 0. The summed E-state index contributed by atoms with van der Waals surface area (Å²) >= 11 is 1.55. The van der Waals surface area contributed by atoms with Crippen molar-refractivity contribution in [1.82, 2.24) is 9.97 Å². The van der Waals surface area contributed by atoms with E-state index in [1.54, 1.807) is 52.9 Å². The van der Waals surface area contributed by atoms with Gasteiger partial charge in [0, 0.05) is 41.1 Å². The monoisotopic (exact) mass is 394 g/mol. The number of pyridine rings is 1. The Morgan fingerprint density at radius 2 is 2.11 bits per heavy atom. The number of carbonyl (C=O) groups is 2. The van der Waals surface area contributed by atoms with E-state index >= 15 is 0 Å². The second-order valence-electron chi connectivity index (χ2n) is 6.25. The Morgan fingerprint density at radius 1 is 1.25 bits per heavy atom. The highest BCUT2D eigenvalue weighted by molar-refractivity contribution is 7.13. The predicted molar refractivity (Wildman–Crippen MR) is 107 cm³/mol. The van der Waals surface area contributed by atoms with Crippen LogP contribution in [0.25, 0.3) is 10.6 Å². The molecule has 1 saturated heterocycles. The number of aryl methyl sites for hydroxylation is 1. The van der Waals surface area contributed by atoms with E-state index in [2.05, 4.69) is 15.3 Å². The Hall–Kier alpha value is -3.26. The molecule has 7 nitrogen and oxygen atoms in total. The molecule has 0 atom stereocenters. The van der Waals surface area contributed by atoms with Gasteiger partial charge in [0.1, 0.15) is 11.6 Å². The zero-order chi connectivity index (χ0) is 19.3. The first-order valence-electron chi connectivity index (χ1n) is 8.88. The largest absolute Gasteiger partial charge is 0.447 e. The maximum atomic E-state index is 12.2. The molecule has 0 saturated carbocycles. The van der Waals surface area contributed by atoms with Gasteiger partial charge in [0.25, 0.3) is 0 Å². The number of benzene rings is 1. The minimum Gasteiger partial charge on any atom is -0.447 e. The standard InChI is InChI=1S/C20H18N4O3S/c25-18(8-5-16-13-28-19(23-16)14-2-1-9-21-12-14)22-15-3-6-17(7-4-15)24-10-11-27-20(24)26/h1-4,6-7,9,12-13H,5,8,10-11H2,(H,22,25). The molecule has 2 aromatic heterocycles. The average Bonchev–Trinajstić information content (AvgIpc) is 3.37. The van der Waals surface area contributed by atoms with Crippen molar-refractivity contribution in [3.63, 3.8) is 0 Å². The minimum atomic E-state index is -0.342. The quantitative estimate of drug-likeness (QED) is 0.689. The SMILES string of the molecule is O=C(CCc1csc(-c2cccnc2)n1)Nc1ccc(N2CCOC2=O)cc1. The lowest BCUT2D eigenvalue weighted by Crippen LogP contribution is -2.23. The number of amides is 2. The van der Waals surface area contributed by atoms with E-state index in [9.17, 15) is 9.59 Å². The Labute approximate surface area is 166 Å². The summed E-state index contributed by atoms with van der Waals surface area (Å²) < 4.78 is 4.93. The van der Waals surface area contributed by atoms with Crippen LogP contribution in [0.5, 0.6) is 0 Å². The van der Waals surface area contributed by atoms with Crippen molar-refractivity contribution in [1.29, 1.82) is 0 Å². The smallest absolute Gasteiger partial charge is 0.414 e. The van der Waals surface area contributed by atoms with E-state index in [1.807, 2.05) is 17.5 Å². The van der Waals surface area contributed by atoms with Crippen molar-refractivity contribution < 1.29 is 14.3 Å². The molecule has 2 amide bonds. The molecule has 1 aromatic carbocycles. The van der Waals surface area contributed by atoms with E-state index in [0.29, 0.717) is 31.7 Å². The van der Waals surface area contributed by atoms with Gasteiger partial charge in [-0.1, -0.05) is 0 Å². The van der Waals surface area contributed by atoms with Crippen molar-refractivity contribution in [2.24, 2.45) is 0 Å². The number of cyclic esters (lactones) is 1. The average molecular weight is 394 g/mol. The molecule has 142 valence electrons. The van der Waals surface area contributed by atoms with Gasteiger partial charge in [-0.05, 0) is 42.8 Å². The second-order valence-corrected chi connectivity index (χ2v) is 7.10. The molecule has 1 fully saturated rings. The topological polar surface area (TPSA) is 84.4 Å². The van der Waals surface area contributed by atoms with Gasteiger partial charge >= 0.3 is 6.09 Å². The zero-order valence-electron chi connectivity index (χ0n) is 15.0. The third-order valence-electron chi connectivity index (χ3n) is 4.29. The van der Waals surface area contributed by atoms with E-state index in [0.717, 1.165) is 22.0 Å². The minimum absolute atomic E-state index is 0.0794. The number of anilines is 2. The highest BCUT2D eigenvalue weighted by atomic mass is 32.1. The molecule has 0 aliphatic carbocycles. The van der Waals surface area contributed by atoms with Gasteiger partial charge in [0.05, 0.1) is 12.2 Å². The number of hydrogen-bond acceptors (Lipinski definition) is 6. The van der Waals surface area contributed by atoms with Crippen LogP contribution >= 0.6 is 11.3 Å². The van der Waals surface area contributed by atoms with Crippen LogP contribution in [0.3, 0.4) is 0 Å². The van der Waals surface area contributed by atoms with Gasteiger partial charge in [-0.15, -0.1) is 11.3 Å². The zero-order valence-corrected chi connectivity index (χ0v) is 15.8. The molecule has 8 heteroatoms. The molecule has 0 bridgehead atoms. The number of aromatic nitrogens is 2. The van der Waals surface area contributed by atoms with Crippen molar-refractivity contribution in [3.05, 3.63) is 59.9 Å². The number of nitrogens with one attached hydrogen (secondary N) is 1. The Kier molecular flexibility index (Phi) is 5.29. The molecule has 0 unspecified atom stereocenters. The normalized spacial score (nSPS) is 13.4. The van der Waals surface area contributed by atoms with E-state index in [1.165, 1.54) is 0 Å². The number of nitrogens with zero attached hydrogens (tertiary/aromatic N) is 3. The first kappa shape index (κ1) is 18.1. The van der Waals surface area contributed by atoms with E-state index < -0.39 is 0 Å².